The summed E-state index contributed by atoms with van der Waals surface area (Å²) < 4.78 is 0. The lowest BCUT2D eigenvalue weighted by Gasteiger charge is -2.65. The Balaban J connectivity index is 1.56. The van der Waals surface area contributed by atoms with Crippen LogP contribution in [0.5, 0.6) is 0 Å². The number of aliphatic hydroxyl groups is 3. The minimum Gasteiger partial charge on any atom is -0.393 e. The van der Waals surface area contributed by atoms with E-state index in [2.05, 4.69) is 53.7 Å². The second kappa shape index (κ2) is 8.13. The minimum absolute atomic E-state index is 0.272. The molecule has 4 fully saturated rings. The van der Waals surface area contributed by atoms with Crippen molar-refractivity contribution in [2.24, 2.45) is 52.3 Å². The lowest BCUT2D eigenvalue weighted by Crippen LogP contribution is -2.68. The number of allylic oxidation sites excluding steroid dienone is 2. The van der Waals surface area contributed by atoms with Crippen molar-refractivity contribution in [3.63, 3.8) is 0 Å². The van der Waals surface area contributed by atoms with Crippen molar-refractivity contribution in [3.8, 4) is 0 Å². The average molecular weight is 433 g/mol. The largest absolute Gasteiger partial charge is 0.393 e. The number of hydrogen-bond donors (Lipinski definition) is 3. The van der Waals surface area contributed by atoms with Gasteiger partial charge in [0.15, 0.2) is 0 Å². The third-order valence-corrected chi connectivity index (χ3v) is 11.3. The fourth-order valence-electron chi connectivity index (χ4n) is 8.87. The summed E-state index contributed by atoms with van der Waals surface area (Å²) in [6.07, 6.45) is 11.4. The van der Waals surface area contributed by atoms with Crippen LogP contribution < -0.4 is 0 Å². The van der Waals surface area contributed by atoms with E-state index in [-0.39, 0.29) is 5.41 Å². The molecule has 0 unspecified atom stereocenters. The average Bonchev–Trinajstić information content (AvgIpc) is 3.05. The predicted molar refractivity (Wildman–Crippen MR) is 126 cm³/mol. The number of fused-ring (bicyclic) bond motifs is 5. The van der Waals surface area contributed by atoms with Crippen molar-refractivity contribution in [1.82, 2.24) is 0 Å². The van der Waals surface area contributed by atoms with Gasteiger partial charge in [-0.3, -0.25) is 0 Å². The van der Waals surface area contributed by atoms with Gasteiger partial charge in [-0.15, -0.1) is 0 Å². The Morgan fingerprint density at radius 2 is 1.58 bits per heavy atom. The molecule has 11 atom stereocenters. The van der Waals surface area contributed by atoms with Crippen molar-refractivity contribution in [3.05, 3.63) is 12.2 Å². The maximum absolute atomic E-state index is 11.6. The fraction of sp³-hybridized carbons (Fsp3) is 0.929. The summed E-state index contributed by atoms with van der Waals surface area (Å²) >= 11 is 0. The van der Waals surface area contributed by atoms with Crippen LogP contribution in [0.3, 0.4) is 0 Å². The van der Waals surface area contributed by atoms with Crippen molar-refractivity contribution >= 4 is 0 Å². The third kappa shape index (κ3) is 3.56. The van der Waals surface area contributed by atoms with Crippen LogP contribution in [0.1, 0.15) is 92.9 Å². The summed E-state index contributed by atoms with van der Waals surface area (Å²) in [4.78, 5) is 0. The van der Waals surface area contributed by atoms with E-state index in [1.807, 2.05) is 0 Å². The van der Waals surface area contributed by atoms with E-state index in [0.717, 1.165) is 19.3 Å². The zero-order valence-electron chi connectivity index (χ0n) is 20.8. The van der Waals surface area contributed by atoms with E-state index in [0.29, 0.717) is 59.7 Å². The molecule has 4 aliphatic carbocycles. The number of hydrogen-bond acceptors (Lipinski definition) is 3. The minimum atomic E-state index is -1.12. The van der Waals surface area contributed by atoms with Crippen molar-refractivity contribution < 1.29 is 15.3 Å². The highest BCUT2D eigenvalue weighted by Crippen LogP contribution is 2.69. The van der Waals surface area contributed by atoms with Gasteiger partial charge in [0.25, 0.3) is 0 Å². The first kappa shape index (κ1) is 23.8. The molecule has 3 heteroatoms. The molecule has 31 heavy (non-hydrogen) atoms. The van der Waals surface area contributed by atoms with Gasteiger partial charge in [0.05, 0.1) is 17.8 Å². The lowest BCUT2D eigenvalue weighted by molar-refractivity contribution is -0.264. The van der Waals surface area contributed by atoms with Crippen LogP contribution in [-0.4, -0.2) is 33.1 Å². The van der Waals surface area contributed by atoms with Gasteiger partial charge in [0, 0.05) is 11.8 Å². The summed E-state index contributed by atoms with van der Waals surface area (Å²) in [5, 5.41) is 33.1. The van der Waals surface area contributed by atoms with Crippen LogP contribution in [0, 0.1) is 52.3 Å². The molecule has 4 aliphatic rings. The van der Waals surface area contributed by atoms with E-state index in [9.17, 15) is 15.3 Å². The molecule has 0 aliphatic heterocycles. The first-order valence-electron chi connectivity index (χ1n) is 13.2. The topological polar surface area (TPSA) is 60.7 Å². The van der Waals surface area contributed by atoms with Crippen molar-refractivity contribution in [1.29, 1.82) is 0 Å². The predicted octanol–water partition coefficient (Wildman–Crippen LogP) is 5.58. The van der Waals surface area contributed by atoms with Gasteiger partial charge in [-0.25, -0.2) is 0 Å². The molecule has 178 valence electrons. The van der Waals surface area contributed by atoms with Gasteiger partial charge in [-0.1, -0.05) is 53.7 Å². The molecule has 4 saturated carbocycles. The molecule has 3 nitrogen and oxygen atoms in total. The highest BCUT2D eigenvalue weighted by molar-refractivity contribution is 5.17. The van der Waals surface area contributed by atoms with E-state index in [4.69, 9.17) is 0 Å². The molecule has 0 spiro atoms. The summed E-state index contributed by atoms with van der Waals surface area (Å²) in [7, 11) is 0. The van der Waals surface area contributed by atoms with Crippen LogP contribution in [-0.2, 0) is 0 Å². The molecular weight excluding hydrogens is 384 g/mol. The molecule has 0 radical (unpaired) electrons. The normalized spacial score (nSPS) is 51.9. The first-order chi connectivity index (χ1) is 14.4. The first-order valence-corrected chi connectivity index (χ1v) is 13.2. The Labute approximate surface area is 190 Å². The van der Waals surface area contributed by atoms with Gasteiger partial charge in [-0.05, 0) is 91.8 Å². The van der Waals surface area contributed by atoms with Crippen LogP contribution in [0.2, 0.25) is 0 Å². The molecule has 0 aromatic carbocycles. The molecule has 0 bridgehead atoms. The van der Waals surface area contributed by atoms with Crippen molar-refractivity contribution in [2.45, 2.75) is 111 Å². The highest BCUT2D eigenvalue weighted by Gasteiger charge is 2.67. The van der Waals surface area contributed by atoms with E-state index in [1.165, 1.54) is 19.3 Å². The maximum atomic E-state index is 11.6. The van der Waals surface area contributed by atoms with Gasteiger partial charge in [0.2, 0.25) is 0 Å². The van der Waals surface area contributed by atoms with Crippen molar-refractivity contribution in [2.75, 3.05) is 0 Å². The molecule has 0 saturated heterocycles. The molecule has 4 rings (SSSR count). The molecule has 0 aromatic rings. The second-order valence-electron chi connectivity index (χ2n) is 12.9. The Hall–Kier alpha value is -0.380. The number of rotatable bonds is 4. The van der Waals surface area contributed by atoms with E-state index in [1.54, 1.807) is 0 Å². The summed E-state index contributed by atoms with van der Waals surface area (Å²) in [6, 6.07) is 0. The summed E-state index contributed by atoms with van der Waals surface area (Å²) in [5.74, 6) is 4.24. The fourth-order valence-corrected chi connectivity index (χ4v) is 8.87. The van der Waals surface area contributed by atoms with Gasteiger partial charge in [0.1, 0.15) is 0 Å². The van der Waals surface area contributed by atoms with Gasteiger partial charge in [-0.2, -0.15) is 0 Å². The molecule has 0 aromatic heterocycles. The summed E-state index contributed by atoms with van der Waals surface area (Å²) in [5.41, 5.74) is -1.06. The summed E-state index contributed by atoms with van der Waals surface area (Å²) in [6.45, 7) is 14.1. The van der Waals surface area contributed by atoms with E-state index < -0.39 is 17.8 Å². The maximum Gasteiger partial charge on any atom is 0.0985 e. The molecule has 3 N–H and O–H groups in total. The van der Waals surface area contributed by atoms with Crippen LogP contribution >= 0.6 is 0 Å². The number of aliphatic hydroxyl groups excluding tert-OH is 2. The molecular formula is C28H48O3. The molecule has 0 heterocycles. The SMILES string of the molecule is CC(C)[C@@H](C)/C=C/[C@@H](C)[C@H]1CC[C@H]2[C@@H]3C[C@H](O)[C@@]4(O)C[C@@H](O)CC[C@]4(C)[C@H]3CC[C@]12C. The Bertz CT molecular complexity index is 688. The molecule has 0 amide bonds. The van der Waals surface area contributed by atoms with Gasteiger partial charge >= 0.3 is 0 Å². The second-order valence-corrected chi connectivity index (χ2v) is 12.9. The van der Waals surface area contributed by atoms with E-state index >= 15 is 0 Å². The van der Waals surface area contributed by atoms with Crippen LogP contribution in [0.15, 0.2) is 12.2 Å². The highest BCUT2D eigenvalue weighted by atomic mass is 16.3. The van der Waals surface area contributed by atoms with Crippen LogP contribution in [0.4, 0.5) is 0 Å². The zero-order chi connectivity index (χ0) is 22.8. The van der Waals surface area contributed by atoms with Gasteiger partial charge < -0.3 is 15.3 Å². The van der Waals surface area contributed by atoms with Crippen LogP contribution in [0.25, 0.3) is 0 Å². The Kier molecular flexibility index (Phi) is 6.24. The monoisotopic (exact) mass is 432 g/mol. The zero-order valence-corrected chi connectivity index (χ0v) is 20.8. The quantitative estimate of drug-likeness (QED) is 0.509. The Morgan fingerprint density at radius 3 is 2.26 bits per heavy atom. The lowest BCUT2D eigenvalue weighted by atomic mass is 9.42. The smallest absolute Gasteiger partial charge is 0.0985 e. The third-order valence-electron chi connectivity index (χ3n) is 11.3. The Morgan fingerprint density at radius 1 is 0.871 bits per heavy atom. The standard InChI is InChI=1S/C28H48O3/c1-17(2)18(3)7-8-19(4)22-9-10-23-21-15-25(30)28(31)16-20(29)11-14-27(28,6)24(21)12-13-26(22,23)5/h7-8,17-25,29-31H,9-16H2,1-6H3/b8-7+/t18-,19+,20-,21-,22+,23-,24-,25-,26+,27+,28-/m0/s1.